The number of carbonyl (C=O) groups excluding carboxylic acids is 1. The molecule has 0 aromatic heterocycles. The van der Waals surface area contributed by atoms with Gasteiger partial charge in [0.2, 0.25) is 0 Å². The number of amides is 1. The first-order valence-electron chi connectivity index (χ1n) is 5.22. The van der Waals surface area contributed by atoms with E-state index in [1.807, 2.05) is 13.8 Å². The van der Waals surface area contributed by atoms with E-state index in [0.717, 1.165) is 6.42 Å². The molecule has 0 bridgehead atoms. The van der Waals surface area contributed by atoms with E-state index in [0.29, 0.717) is 15.6 Å². The maximum absolute atomic E-state index is 13.4. The lowest BCUT2D eigenvalue weighted by Gasteiger charge is -2.12. The van der Waals surface area contributed by atoms with Gasteiger partial charge in [0.05, 0.1) is 0 Å². The highest BCUT2D eigenvalue weighted by molar-refractivity contribution is 9.10. The van der Waals surface area contributed by atoms with Crippen LogP contribution in [0.4, 0.5) is 4.39 Å². The molecule has 0 aliphatic rings. The summed E-state index contributed by atoms with van der Waals surface area (Å²) in [6.07, 6.45) is 0.848. The molecule has 0 saturated heterocycles. The topological polar surface area (TPSA) is 29.1 Å². The van der Waals surface area contributed by atoms with E-state index in [9.17, 15) is 9.18 Å². The highest BCUT2D eigenvalue weighted by atomic mass is 79.9. The number of rotatable bonds is 3. The van der Waals surface area contributed by atoms with Crippen molar-refractivity contribution in [2.75, 3.05) is 0 Å². The zero-order valence-electron chi connectivity index (χ0n) is 9.60. The molecule has 0 aliphatic heterocycles. The third-order valence-corrected chi connectivity index (χ3v) is 3.36. The highest BCUT2D eigenvalue weighted by Crippen LogP contribution is 2.21. The minimum atomic E-state index is -0.372. The van der Waals surface area contributed by atoms with Crippen molar-refractivity contribution in [3.8, 4) is 0 Å². The normalized spacial score (nSPS) is 12.3. The SMILES string of the molecule is CCC(C)NC(=O)c1cc(F)c(C)c(Br)c1. The molecule has 1 rings (SSSR count). The van der Waals surface area contributed by atoms with Gasteiger partial charge in [-0.2, -0.15) is 0 Å². The van der Waals surface area contributed by atoms with Crippen molar-refractivity contribution >= 4 is 21.8 Å². The van der Waals surface area contributed by atoms with Gasteiger partial charge in [-0.25, -0.2) is 4.39 Å². The first kappa shape index (κ1) is 13.2. The van der Waals surface area contributed by atoms with Crippen LogP contribution in [-0.2, 0) is 0 Å². The van der Waals surface area contributed by atoms with Gasteiger partial charge in [0.15, 0.2) is 0 Å². The third-order valence-electron chi connectivity index (χ3n) is 2.53. The Bertz CT molecular complexity index is 383. The predicted octanol–water partition coefficient (Wildman–Crippen LogP) is 3.42. The van der Waals surface area contributed by atoms with Crippen LogP contribution < -0.4 is 5.32 Å². The summed E-state index contributed by atoms with van der Waals surface area (Å²) >= 11 is 3.23. The average Bonchev–Trinajstić information content (AvgIpc) is 2.24. The Morgan fingerprint density at radius 1 is 1.56 bits per heavy atom. The molecule has 0 aliphatic carbocycles. The molecule has 1 amide bonds. The fourth-order valence-electron chi connectivity index (χ4n) is 1.19. The molecule has 0 heterocycles. The molecule has 1 N–H and O–H groups in total. The van der Waals surface area contributed by atoms with Crippen LogP contribution >= 0.6 is 15.9 Å². The molecule has 1 unspecified atom stereocenters. The van der Waals surface area contributed by atoms with E-state index in [-0.39, 0.29) is 17.8 Å². The summed E-state index contributed by atoms with van der Waals surface area (Å²) < 4.78 is 14.0. The molecule has 0 fully saturated rings. The largest absolute Gasteiger partial charge is 0.350 e. The Morgan fingerprint density at radius 2 is 2.19 bits per heavy atom. The number of benzene rings is 1. The van der Waals surface area contributed by atoms with Crippen LogP contribution in [-0.4, -0.2) is 11.9 Å². The standard InChI is InChI=1S/C12H15BrFNO/c1-4-7(2)15-12(16)9-5-10(13)8(3)11(14)6-9/h5-7H,4H2,1-3H3,(H,15,16). The van der Waals surface area contributed by atoms with Crippen molar-refractivity contribution < 1.29 is 9.18 Å². The van der Waals surface area contributed by atoms with E-state index in [1.165, 1.54) is 6.07 Å². The van der Waals surface area contributed by atoms with E-state index >= 15 is 0 Å². The minimum Gasteiger partial charge on any atom is -0.350 e. The summed E-state index contributed by atoms with van der Waals surface area (Å²) in [4.78, 5) is 11.7. The van der Waals surface area contributed by atoms with Crippen LogP contribution in [0.3, 0.4) is 0 Å². The Hall–Kier alpha value is -0.900. The first-order chi connectivity index (χ1) is 7.45. The molecule has 1 aromatic rings. The zero-order valence-corrected chi connectivity index (χ0v) is 11.2. The van der Waals surface area contributed by atoms with Gasteiger partial charge in [0.1, 0.15) is 5.82 Å². The van der Waals surface area contributed by atoms with Gasteiger partial charge >= 0.3 is 0 Å². The number of hydrogen-bond donors (Lipinski definition) is 1. The lowest BCUT2D eigenvalue weighted by atomic mass is 10.1. The average molecular weight is 288 g/mol. The fraction of sp³-hybridized carbons (Fsp3) is 0.417. The van der Waals surface area contributed by atoms with Gasteiger partial charge in [-0.1, -0.05) is 22.9 Å². The summed E-state index contributed by atoms with van der Waals surface area (Å²) in [5, 5.41) is 2.79. The molecule has 16 heavy (non-hydrogen) atoms. The molecule has 0 spiro atoms. The molecule has 4 heteroatoms. The van der Waals surface area contributed by atoms with Gasteiger partial charge in [0, 0.05) is 16.1 Å². The minimum absolute atomic E-state index is 0.0932. The molecular weight excluding hydrogens is 273 g/mol. The van der Waals surface area contributed by atoms with Gasteiger partial charge in [-0.05, 0) is 38.0 Å². The van der Waals surface area contributed by atoms with E-state index < -0.39 is 0 Å². The summed E-state index contributed by atoms with van der Waals surface area (Å²) in [7, 11) is 0. The fourth-order valence-corrected chi connectivity index (χ4v) is 1.62. The van der Waals surface area contributed by atoms with E-state index in [2.05, 4.69) is 21.2 Å². The van der Waals surface area contributed by atoms with Gasteiger partial charge in [-0.15, -0.1) is 0 Å². The molecule has 88 valence electrons. The van der Waals surface area contributed by atoms with Crippen molar-refractivity contribution in [1.29, 1.82) is 0 Å². The lowest BCUT2D eigenvalue weighted by Crippen LogP contribution is -2.32. The second kappa shape index (κ2) is 5.43. The molecule has 2 nitrogen and oxygen atoms in total. The first-order valence-corrected chi connectivity index (χ1v) is 6.01. The zero-order chi connectivity index (χ0) is 12.3. The Morgan fingerprint density at radius 3 is 2.69 bits per heavy atom. The second-order valence-electron chi connectivity index (χ2n) is 3.85. The number of carbonyl (C=O) groups is 1. The maximum Gasteiger partial charge on any atom is 0.251 e. The van der Waals surface area contributed by atoms with Crippen molar-refractivity contribution in [3.05, 3.63) is 33.5 Å². The molecule has 1 atom stereocenters. The van der Waals surface area contributed by atoms with Crippen LogP contribution in [0.2, 0.25) is 0 Å². The molecule has 0 radical (unpaired) electrons. The highest BCUT2D eigenvalue weighted by Gasteiger charge is 2.12. The Kier molecular flexibility index (Phi) is 4.47. The summed E-state index contributed by atoms with van der Waals surface area (Å²) in [5.41, 5.74) is 0.857. The maximum atomic E-state index is 13.4. The van der Waals surface area contributed by atoms with Gasteiger partial charge in [-0.3, -0.25) is 4.79 Å². The van der Waals surface area contributed by atoms with Crippen molar-refractivity contribution in [2.45, 2.75) is 33.2 Å². The molecule has 0 saturated carbocycles. The summed E-state index contributed by atoms with van der Waals surface area (Å²) in [6.45, 7) is 5.56. The van der Waals surface area contributed by atoms with Crippen LogP contribution in [0.5, 0.6) is 0 Å². The van der Waals surface area contributed by atoms with Gasteiger partial charge < -0.3 is 5.32 Å². The second-order valence-corrected chi connectivity index (χ2v) is 4.70. The van der Waals surface area contributed by atoms with Crippen LogP contribution in [0.15, 0.2) is 16.6 Å². The van der Waals surface area contributed by atoms with E-state index in [1.54, 1.807) is 13.0 Å². The van der Waals surface area contributed by atoms with Crippen LogP contribution in [0, 0.1) is 12.7 Å². The van der Waals surface area contributed by atoms with Crippen molar-refractivity contribution in [2.24, 2.45) is 0 Å². The molecular formula is C12H15BrFNO. The quantitative estimate of drug-likeness (QED) is 0.907. The van der Waals surface area contributed by atoms with Gasteiger partial charge in [0.25, 0.3) is 5.91 Å². The molecule has 1 aromatic carbocycles. The van der Waals surface area contributed by atoms with Crippen LogP contribution in [0.1, 0.15) is 36.2 Å². The lowest BCUT2D eigenvalue weighted by molar-refractivity contribution is 0.0938. The Balaban J connectivity index is 2.93. The number of nitrogens with one attached hydrogen (secondary N) is 1. The summed E-state index contributed by atoms with van der Waals surface area (Å²) in [5.74, 6) is -0.613. The number of halogens is 2. The van der Waals surface area contributed by atoms with Crippen molar-refractivity contribution in [3.63, 3.8) is 0 Å². The Labute approximate surface area is 103 Å². The summed E-state index contributed by atoms with van der Waals surface area (Å²) in [6, 6.07) is 2.99. The van der Waals surface area contributed by atoms with E-state index in [4.69, 9.17) is 0 Å². The smallest absolute Gasteiger partial charge is 0.251 e. The van der Waals surface area contributed by atoms with Crippen molar-refractivity contribution in [1.82, 2.24) is 5.32 Å². The van der Waals surface area contributed by atoms with Crippen LogP contribution in [0.25, 0.3) is 0 Å². The third kappa shape index (κ3) is 3.04. The predicted molar refractivity (Wildman–Crippen MR) is 66.1 cm³/mol. The monoisotopic (exact) mass is 287 g/mol. The number of hydrogen-bond acceptors (Lipinski definition) is 1.